The van der Waals surface area contributed by atoms with E-state index in [9.17, 15) is 4.79 Å². The van der Waals surface area contributed by atoms with E-state index in [0.717, 1.165) is 18.8 Å². The van der Waals surface area contributed by atoms with Crippen molar-refractivity contribution in [3.05, 3.63) is 42.5 Å². The smallest absolute Gasteiger partial charge is 0.224 e. The third-order valence-corrected chi connectivity index (χ3v) is 3.78. The van der Waals surface area contributed by atoms with Gasteiger partial charge in [0.1, 0.15) is 0 Å². The molecule has 0 aliphatic carbocycles. The fourth-order valence-electron chi connectivity index (χ4n) is 2.58. The molecular formula is C17H20N2O2. The molecule has 1 fully saturated rings. The number of nitrogens with zero attached hydrogens (tertiary/aromatic N) is 1. The minimum atomic E-state index is 0.201. The maximum absolute atomic E-state index is 12.0. The first-order valence-electron chi connectivity index (χ1n) is 7.41. The molecule has 21 heavy (non-hydrogen) atoms. The van der Waals surface area contributed by atoms with Gasteiger partial charge in [-0.3, -0.25) is 4.79 Å². The monoisotopic (exact) mass is 284 g/mol. The predicted octanol–water partition coefficient (Wildman–Crippen LogP) is 2.50. The van der Waals surface area contributed by atoms with E-state index in [0.29, 0.717) is 26.2 Å². The number of rotatable bonds is 4. The molecule has 1 saturated heterocycles. The zero-order valence-corrected chi connectivity index (χ0v) is 12.0. The lowest BCUT2D eigenvalue weighted by Gasteiger charge is -2.26. The average molecular weight is 284 g/mol. The number of morpholine rings is 1. The molecule has 1 heterocycles. The van der Waals surface area contributed by atoms with Crippen molar-refractivity contribution in [2.24, 2.45) is 0 Å². The van der Waals surface area contributed by atoms with E-state index in [1.165, 1.54) is 10.8 Å². The zero-order chi connectivity index (χ0) is 14.5. The summed E-state index contributed by atoms with van der Waals surface area (Å²) in [6.45, 7) is 3.41. The molecule has 0 unspecified atom stereocenters. The van der Waals surface area contributed by atoms with E-state index in [1.807, 2.05) is 17.0 Å². The van der Waals surface area contributed by atoms with E-state index in [1.54, 1.807) is 0 Å². The van der Waals surface area contributed by atoms with Gasteiger partial charge in [0.15, 0.2) is 0 Å². The van der Waals surface area contributed by atoms with E-state index in [-0.39, 0.29) is 5.91 Å². The summed E-state index contributed by atoms with van der Waals surface area (Å²) in [5, 5.41) is 5.77. The van der Waals surface area contributed by atoms with Gasteiger partial charge in [-0.25, -0.2) is 0 Å². The molecule has 4 nitrogen and oxygen atoms in total. The van der Waals surface area contributed by atoms with E-state index >= 15 is 0 Å². The van der Waals surface area contributed by atoms with Crippen LogP contribution in [0.3, 0.4) is 0 Å². The van der Waals surface area contributed by atoms with Gasteiger partial charge < -0.3 is 15.0 Å². The number of carbonyl (C=O) groups is 1. The van der Waals surface area contributed by atoms with Gasteiger partial charge in [0, 0.05) is 31.7 Å². The van der Waals surface area contributed by atoms with Crippen molar-refractivity contribution in [1.82, 2.24) is 4.90 Å². The van der Waals surface area contributed by atoms with Crippen molar-refractivity contribution < 1.29 is 9.53 Å². The summed E-state index contributed by atoms with van der Waals surface area (Å²) >= 11 is 0. The molecule has 0 saturated carbocycles. The molecular weight excluding hydrogens is 264 g/mol. The van der Waals surface area contributed by atoms with Gasteiger partial charge in [0.2, 0.25) is 5.91 Å². The van der Waals surface area contributed by atoms with Crippen LogP contribution in [0.2, 0.25) is 0 Å². The predicted molar refractivity (Wildman–Crippen MR) is 84.5 cm³/mol. The van der Waals surface area contributed by atoms with Crippen LogP contribution in [-0.4, -0.2) is 43.7 Å². The highest BCUT2D eigenvalue weighted by atomic mass is 16.5. The van der Waals surface area contributed by atoms with Crippen molar-refractivity contribution in [2.75, 3.05) is 38.2 Å². The van der Waals surface area contributed by atoms with Crippen LogP contribution in [0.4, 0.5) is 5.69 Å². The number of fused-ring (bicyclic) bond motifs is 1. The van der Waals surface area contributed by atoms with E-state index < -0.39 is 0 Å². The summed E-state index contributed by atoms with van der Waals surface area (Å²) in [6.07, 6.45) is 0.521. The Hall–Kier alpha value is -2.07. The number of carbonyl (C=O) groups excluding carboxylic acids is 1. The lowest BCUT2D eigenvalue weighted by atomic mass is 10.1. The van der Waals surface area contributed by atoms with Crippen molar-refractivity contribution in [2.45, 2.75) is 6.42 Å². The number of benzene rings is 2. The van der Waals surface area contributed by atoms with Gasteiger partial charge in [0.05, 0.1) is 13.2 Å². The first-order chi connectivity index (χ1) is 10.3. The number of ether oxygens (including phenoxy) is 1. The summed E-state index contributed by atoms with van der Waals surface area (Å²) in [7, 11) is 0. The Kier molecular flexibility index (Phi) is 4.36. The second kappa shape index (κ2) is 6.59. The summed E-state index contributed by atoms with van der Waals surface area (Å²) in [5.74, 6) is 0.201. The van der Waals surface area contributed by atoms with Crippen molar-refractivity contribution in [3.8, 4) is 0 Å². The molecule has 3 rings (SSSR count). The van der Waals surface area contributed by atoms with Crippen LogP contribution >= 0.6 is 0 Å². The summed E-state index contributed by atoms with van der Waals surface area (Å²) in [4.78, 5) is 13.9. The Morgan fingerprint density at radius 1 is 1.10 bits per heavy atom. The number of hydrogen-bond donors (Lipinski definition) is 1. The van der Waals surface area contributed by atoms with Crippen molar-refractivity contribution >= 4 is 22.4 Å². The van der Waals surface area contributed by atoms with Crippen LogP contribution in [0.25, 0.3) is 10.8 Å². The Morgan fingerprint density at radius 3 is 2.67 bits per heavy atom. The quantitative estimate of drug-likeness (QED) is 0.938. The van der Waals surface area contributed by atoms with Crippen LogP contribution in [0, 0.1) is 0 Å². The fraction of sp³-hybridized carbons (Fsp3) is 0.353. The normalized spacial score (nSPS) is 15.1. The van der Waals surface area contributed by atoms with E-state index in [2.05, 4.69) is 35.6 Å². The van der Waals surface area contributed by atoms with Gasteiger partial charge in [0.25, 0.3) is 0 Å². The molecule has 0 bridgehead atoms. The molecule has 2 aromatic rings. The second-order valence-corrected chi connectivity index (χ2v) is 5.23. The minimum absolute atomic E-state index is 0.201. The Morgan fingerprint density at radius 2 is 1.86 bits per heavy atom. The molecule has 0 radical (unpaired) electrons. The molecule has 2 aromatic carbocycles. The van der Waals surface area contributed by atoms with Gasteiger partial charge >= 0.3 is 0 Å². The summed E-state index contributed by atoms with van der Waals surface area (Å²) < 4.78 is 5.26. The third kappa shape index (κ3) is 3.52. The lowest BCUT2D eigenvalue weighted by Crippen LogP contribution is -2.41. The molecule has 110 valence electrons. The lowest BCUT2D eigenvalue weighted by molar-refractivity contribution is -0.134. The molecule has 1 N–H and O–H groups in total. The Bertz CT molecular complexity index is 621. The van der Waals surface area contributed by atoms with E-state index in [4.69, 9.17) is 4.74 Å². The fourth-order valence-corrected chi connectivity index (χ4v) is 2.58. The van der Waals surface area contributed by atoms with Gasteiger partial charge in [-0.15, -0.1) is 0 Å². The molecule has 0 aromatic heterocycles. The number of hydrogen-bond acceptors (Lipinski definition) is 3. The number of anilines is 1. The molecule has 1 aliphatic rings. The minimum Gasteiger partial charge on any atom is -0.385 e. The van der Waals surface area contributed by atoms with Crippen LogP contribution in [0.1, 0.15) is 6.42 Å². The van der Waals surface area contributed by atoms with Gasteiger partial charge in [-0.2, -0.15) is 0 Å². The molecule has 1 aliphatic heterocycles. The second-order valence-electron chi connectivity index (χ2n) is 5.23. The van der Waals surface area contributed by atoms with Crippen molar-refractivity contribution in [3.63, 3.8) is 0 Å². The molecule has 0 spiro atoms. The Balaban J connectivity index is 1.53. The maximum Gasteiger partial charge on any atom is 0.224 e. The number of amides is 1. The van der Waals surface area contributed by atoms with Crippen molar-refractivity contribution in [1.29, 1.82) is 0 Å². The SMILES string of the molecule is O=C(CCNc1ccc2ccccc2c1)N1CCOCC1. The highest BCUT2D eigenvalue weighted by Crippen LogP contribution is 2.18. The standard InChI is InChI=1S/C17H20N2O2/c20-17(19-9-11-21-12-10-19)7-8-18-16-6-5-14-3-1-2-4-15(14)13-16/h1-6,13,18H,7-12H2. The molecule has 0 atom stereocenters. The first kappa shape index (κ1) is 13.9. The zero-order valence-electron chi connectivity index (χ0n) is 12.0. The van der Waals surface area contributed by atoms with Crippen LogP contribution < -0.4 is 5.32 Å². The highest BCUT2D eigenvalue weighted by molar-refractivity contribution is 5.85. The first-order valence-corrected chi connectivity index (χ1v) is 7.41. The van der Waals surface area contributed by atoms with Crippen LogP contribution in [0.15, 0.2) is 42.5 Å². The Labute approximate surface area is 124 Å². The van der Waals surface area contributed by atoms with Crippen LogP contribution in [-0.2, 0) is 9.53 Å². The summed E-state index contributed by atoms with van der Waals surface area (Å²) in [5.41, 5.74) is 1.06. The molecule has 4 heteroatoms. The summed E-state index contributed by atoms with van der Waals surface area (Å²) in [6, 6.07) is 14.5. The number of nitrogens with one attached hydrogen (secondary N) is 1. The maximum atomic E-state index is 12.0. The topological polar surface area (TPSA) is 41.6 Å². The molecule has 1 amide bonds. The average Bonchev–Trinajstić information content (AvgIpc) is 2.55. The van der Waals surface area contributed by atoms with Crippen LogP contribution in [0.5, 0.6) is 0 Å². The van der Waals surface area contributed by atoms with Gasteiger partial charge in [-0.05, 0) is 22.9 Å². The third-order valence-electron chi connectivity index (χ3n) is 3.78. The van der Waals surface area contributed by atoms with Gasteiger partial charge in [-0.1, -0.05) is 30.3 Å². The highest BCUT2D eigenvalue weighted by Gasteiger charge is 2.15. The largest absolute Gasteiger partial charge is 0.385 e.